The van der Waals surface area contributed by atoms with Crippen molar-refractivity contribution in [3.63, 3.8) is 0 Å². The summed E-state index contributed by atoms with van der Waals surface area (Å²) in [5.74, 6) is 0. The number of rotatable bonds is 8. The molecule has 1 heterocycles. The predicted molar refractivity (Wildman–Crippen MR) is 82.3 cm³/mol. The Hall–Kier alpha value is -0.380. The Morgan fingerprint density at radius 3 is 2.61 bits per heavy atom. The molecule has 0 aliphatic carbocycles. The van der Waals surface area contributed by atoms with Crippen LogP contribution in [0.25, 0.3) is 0 Å². The molecule has 2 nitrogen and oxygen atoms in total. The van der Waals surface area contributed by atoms with E-state index in [0.717, 1.165) is 26.2 Å². The quantitative estimate of drug-likeness (QED) is 0.772. The second-order valence-corrected chi connectivity index (χ2v) is 6.24. The van der Waals surface area contributed by atoms with E-state index < -0.39 is 0 Å². The Morgan fingerprint density at radius 2 is 2.06 bits per heavy atom. The highest BCUT2D eigenvalue weighted by atomic mass is 32.1. The summed E-state index contributed by atoms with van der Waals surface area (Å²) in [5.41, 5.74) is 1.51. The summed E-state index contributed by atoms with van der Waals surface area (Å²) in [5, 5.41) is 3.40. The van der Waals surface area contributed by atoms with Gasteiger partial charge in [-0.25, -0.2) is 0 Å². The smallest absolute Gasteiger partial charge is 0.0299 e. The average molecular weight is 268 g/mol. The van der Waals surface area contributed by atoms with Crippen LogP contribution in [-0.4, -0.2) is 24.0 Å². The van der Waals surface area contributed by atoms with Crippen molar-refractivity contribution in [2.75, 3.05) is 13.1 Å². The van der Waals surface area contributed by atoms with Crippen molar-refractivity contribution in [3.05, 3.63) is 21.4 Å². The van der Waals surface area contributed by atoms with E-state index in [9.17, 15) is 0 Å². The lowest BCUT2D eigenvalue weighted by Gasteiger charge is -2.26. The molecule has 0 bridgehead atoms. The maximum Gasteiger partial charge on any atom is 0.0299 e. The molecule has 1 unspecified atom stereocenters. The molecule has 0 saturated heterocycles. The van der Waals surface area contributed by atoms with E-state index in [1.165, 1.54) is 21.7 Å². The van der Waals surface area contributed by atoms with Crippen LogP contribution in [-0.2, 0) is 13.1 Å². The summed E-state index contributed by atoms with van der Waals surface area (Å²) < 4.78 is 0. The highest BCUT2D eigenvalue weighted by Crippen LogP contribution is 2.23. The zero-order valence-electron chi connectivity index (χ0n) is 12.5. The summed E-state index contributed by atoms with van der Waals surface area (Å²) in [7, 11) is 0. The first kappa shape index (κ1) is 15.7. The molecule has 0 aromatic carbocycles. The monoisotopic (exact) mass is 268 g/mol. The first-order valence-corrected chi connectivity index (χ1v) is 7.96. The van der Waals surface area contributed by atoms with Gasteiger partial charge in [0.2, 0.25) is 0 Å². The third kappa shape index (κ3) is 4.38. The van der Waals surface area contributed by atoms with Crippen LogP contribution in [0.3, 0.4) is 0 Å². The van der Waals surface area contributed by atoms with E-state index in [1.54, 1.807) is 0 Å². The van der Waals surface area contributed by atoms with E-state index >= 15 is 0 Å². The number of hydrogen-bond acceptors (Lipinski definition) is 3. The van der Waals surface area contributed by atoms with Gasteiger partial charge in [-0.15, -0.1) is 11.3 Å². The molecule has 0 saturated carbocycles. The zero-order chi connectivity index (χ0) is 13.5. The predicted octanol–water partition coefficient (Wildman–Crippen LogP) is 3.79. The molecule has 104 valence electrons. The lowest BCUT2D eigenvalue weighted by atomic mass is 10.1. The fourth-order valence-electron chi connectivity index (χ4n) is 2.14. The highest BCUT2D eigenvalue weighted by molar-refractivity contribution is 7.12. The molecule has 1 aromatic heterocycles. The Balaban J connectivity index is 2.67. The van der Waals surface area contributed by atoms with Crippen LogP contribution in [0.1, 0.15) is 49.4 Å². The van der Waals surface area contributed by atoms with Gasteiger partial charge in [-0.2, -0.15) is 0 Å². The molecule has 0 aliphatic rings. The van der Waals surface area contributed by atoms with E-state index in [-0.39, 0.29) is 0 Å². The lowest BCUT2D eigenvalue weighted by Crippen LogP contribution is -2.31. The highest BCUT2D eigenvalue weighted by Gasteiger charge is 2.13. The van der Waals surface area contributed by atoms with Crippen LogP contribution >= 0.6 is 11.3 Å². The van der Waals surface area contributed by atoms with Crippen molar-refractivity contribution in [1.29, 1.82) is 0 Å². The van der Waals surface area contributed by atoms with Gasteiger partial charge < -0.3 is 5.32 Å². The maximum absolute atomic E-state index is 3.40. The maximum atomic E-state index is 3.40. The second kappa shape index (κ2) is 7.93. The number of aryl methyl sites for hydroxylation is 1. The van der Waals surface area contributed by atoms with E-state index in [1.807, 2.05) is 11.3 Å². The summed E-state index contributed by atoms with van der Waals surface area (Å²) in [6.07, 6.45) is 1.22. The van der Waals surface area contributed by atoms with Gasteiger partial charge in [0.05, 0.1) is 0 Å². The number of thiophene rings is 1. The zero-order valence-corrected chi connectivity index (χ0v) is 13.4. The second-order valence-electron chi connectivity index (χ2n) is 4.89. The number of nitrogens with one attached hydrogen (secondary N) is 1. The first-order chi connectivity index (χ1) is 8.62. The van der Waals surface area contributed by atoms with Gasteiger partial charge in [0.25, 0.3) is 0 Å². The van der Waals surface area contributed by atoms with Crippen LogP contribution in [0.4, 0.5) is 0 Å². The third-order valence-corrected chi connectivity index (χ3v) is 4.71. The van der Waals surface area contributed by atoms with E-state index in [2.05, 4.69) is 50.9 Å². The van der Waals surface area contributed by atoms with E-state index in [4.69, 9.17) is 0 Å². The molecular weight excluding hydrogens is 240 g/mol. The first-order valence-electron chi connectivity index (χ1n) is 7.15. The van der Waals surface area contributed by atoms with Gasteiger partial charge in [0, 0.05) is 28.9 Å². The van der Waals surface area contributed by atoms with Crippen LogP contribution in [0, 0.1) is 6.92 Å². The molecule has 1 N–H and O–H groups in total. The van der Waals surface area contributed by atoms with Gasteiger partial charge in [-0.1, -0.05) is 20.8 Å². The summed E-state index contributed by atoms with van der Waals surface area (Å²) in [4.78, 5) is 5.50. The lowest BCUT2D eigenvalue weighted by molar-refractivity contribution is 0.206. The Morgan fingerprint density at radius 1 is 1.33 bits per heavy atom. The van der Waals surface area contributed by atoms with Crippen molar-refractivity contribution in [2.24, 2.45) is 0 Å². The molecule has 0 fully saturated rings. The molecule has 1 atom stereocenters. The topological polar surface area (TPSA) is 15.3 Å². The van der Waals surface area contributed by atoms with E-state index in [0.29, 0.717) is 6.04 Å². The molecule has 0 amide bonds. The SMILES string of the molecule is CCNCc1cc(CN(CC)C(C)CC)c(C)s1. The Kier molecular flexibility index (Phi) is 6.90. The van der Waals surface area contributed by atoms with Gasteiger partial charge in [-0.05, 0) is 45.0 Å². The van der Waals surface area contributed by atoms with Crippen LogP contribution < -0.4 is 5.32 Å². The standard InChI is InChI=1S/C15H28N2S/c1-6-12(4)17(8-3)11-14-9-15(10-16-7-2)18-13(14)5/h9,12,16H,6-8,10-11H2,1-5H3. The largest absolute Gasteiger partial charge is 0.312 e. The van der Waals surface area contributed by atoms with Gasteiger partial charge in [0.15, 0.2) is 0 Å². The molecular formula is C15H28N2S. The Labute approximate surface area is 116 Å². The summed E-state index contributed by atoms with van der Waals surface area (Å²) in [6.45, 7) is 15.5. The van der Waals surface area contributed by atoms with Crippen LogP contribution in [0.2, 0.25) is 0 Å². The molecule has 0 aliphatic heterocycles. The van der Waals surface area contributed by atoms with Crippen LogP contribution in [0.15, 0.2) is 6.07 Å². The normalized spacial score (nSPS) is 13.2. The van der Waals surface area contributed by atoms with Crippen molar-refractivity contribution >= 4 is 11.3 Å². The van der Waals surface area contributed by atoms with Gasteiger partial charge in [-0.3, -0.25) is 4.90 Å². The van der Waals surface area contributed by atoms with Gasteiger partial charge in [0.1, 0.15) is 0 Å². The molecule has 0 spiro atoms. The molecule has 3 heteroatoms. The number of hydrogen-bond donors (Lipinski definition) is 1. The van der Waals surface area contributed by atoms with Crippen molar-refractivity contribution in [3.8, 4) is 0 Å². The number of nitrogens with zero attached hydrogens (tertiary/aromatic N) is 1. The summed E-state index contributed by atoms with van der Waals surface area (Å²) in [6, 6.07) is 3.06. The fourth-order valence-corrected chi connectivity index (χ4v) is 3.16. The summed E-state index contributed by atoms with van der Waals surface area (Å²) >= 11 is 1.94. The minimum Gasteiger partial charge on any atom is -0.312 e. The fraction of sp³-hybridized carbons (Fsp3) is 0.733. The van der Waals surface area contributed by atoms with Gasteiger partial charge >= 0.3 is 0 Å². The molecule has 1 rings (SSSR count). The third-order valence-electron chi connectivity index (χ3n) is 3.61. The van der Waals surface area contributed by atoms with Crippen LogP contribution in [0.5, 0.6) is 0 Å². The van der Waals surface area contributed by atoms with Crippen molar-refractivity contribution in [2.45, 2.75) is 60.2 Å². The van der Waals surface area contributed by atoms with Crippen molar-refractivity contribution in [1.82, 2.24) is 10.2 Å². The molecule has 18 heavy (non-hydrogen) atoms. The Bertz CT molecular complexity index is 346. The molecule has 1 aromatic rings. The average Bonchev–Trinajstić information content (AvgIpc) is 2.73. The minimum absolute atomic E-state index is 0.673. The molecule has 0 radical (unpaired) electrons. The van der Waals surface area contributed by atoms with Crippen molar-refractivity contribution < 1.29 is 0 Å². The minimum atomic E-state index is 0.673.